The van der Waals surface area contributed by atoms with Crippen LogP contribution in [-0.2, 0) is 54.0 Å². The average molecular weight is 1090 g/mol. The highest BCUT2D eigenvalue weighted by Gasteiger charge is 2.58. The number of aromatic nitrogens is 2. The van der Waals surface area contributed by atoms with E-state index >= 15 is 0 Å². The van der Waals surface area contributed by atoms with Gasteiger partial charge >= 0.3 is 30.0 Å². The summed E-state index contributed by atoms with van der Waals surface area (Å²) in [6, 6.07) is 7.98. The van der Waals surface area contributed by atoms with Gasteiger partial charge in [-0.05, 0) is 124 Å². The Balaban J connectivity index is 1.18. The van der Waals surface area contributed by atoms with E-state index in [1.54, 1.807) is 64.4 Å². The molecule has 3 saturated heterocycles. The van der Waals surface area contributed by atoms with Crippen molar-refractivity contribution in [2.45, 2.75) is 179 Å². The summed E-state index contributed by atoms with van der Waals surface area (Å²) in [5.41, 5.74) is -2.00. The summed E-state index contributed by atoms with van der Waals surface area (Å²) in [5.74, 6) is 0.472. The fourth-order valence-electron chi connectivity index (χ4n) is 11.7. The summed E-state index contributed by atoms with van der Waals surface area (Å²) in [5, 5.41) is 25.2. The molecule has 0 amide bonds. The first-order valence-electron chi connectivity index (χ1n) is 27.3. The number of likely N-dealkylation sites (N-methyl/N-ethyl adjacent to an activating group) is 2. The number of rotatable bonds is 15. The molecular formula is C58H79N5O15. The molecule has 0 bridgehead atoms. The maximum Gasteiger partial charge on any atom is 0.509 e. The van der Waals surface area contributed by atoms with E-state index < -0.39 is 101 Å². The third-order valence-corrected chi connectivity index (χ3v) is 15.9. The van der Waals surface area contributed by atoms with Crippen LogP contribution in [0.1, 0.15) is 128 Å². The van der Waals surface area contributed by atoms with Crippen LogP contribution in [-0.4, -0.2) is 167 Å². The molecule has 2 aromatic heterocycles. The van der Waals surface area contributed by atoms with Crippen LogP contribution >= 0.6 is 0 Å². The smallest absolute Gasteiger partial charge is 0.477 e. The number of nitrogens with zero attached hydrogens (tertiary/aromatic N) is 4. The largest absolute Gasteiger partial charge is 0.509 e. The lowest BCUT2D eigenvalue weighted by molar-refractivity contribution is -0.301. The lowest BCUT2D eigenvalue weighted by Crippen LogP contribution is -2.60. The number of carbonyl (C=O) groups is 5. The fourth-order valence-corrected chi connectivity index (χ4v) is 11.7. The molecule has 20 nitrogen and oxygen atoms in total. The molecular weight excluding hydrogens is 1010 g/mol. The number of aliphatic hydroxyl groups excluding tert-OH is 1. The van der Waals surface area contributed by atoms with E-state index in [9.17, 15) is 39.0 Å². The van der Waals surface area contributed by atoms with Gasteiger partial charge < -0.3 is 58.2 Å². The number of hydrogen-bond acceptors (Lipinski definition) is 18. The molecule has 7 rings (SSSR count). The van der Waals surface area contributed by atoms with Gasteiger partial charge in [-0.2, -0.15) is 0 Å². The summed E-state index contributed by atoms with van der Waals surface area (Å²) in [6.45, 7) is 15.3. The Kier molecular flexibility index (Phi) is 19.5. The first-order chi connectivity index (χ1) is 36.9. The maximum atomic E-state index is 14.7. The van der Waals surface area contributed by atoms with Crippen LogP contribution in [0.2, 0.25) is 0 Å². The van der Waals surface area contributed by atoms with Gasteiger partial charge in [-0.25, -0.2) is 9.59 Å². The Hall–Kier alpha value is -5.95. The van der Waals surface area contributed by atoms with Crippen molar-refractivity contribution in [3.63, 3.8) is 0 Å². The van der Waals surface area contributed by atoms with Gasteiger partial charge in [0.05, 0.1) is 30.4 Å². The Morgan fingerprint density at radius 2 is 1.76 bits per heavy atom. The van der Waals surface area contributed by atoms with E-state index in [4.69, 9.17) is 33.2 Å². The van der Waals surface area contributed by atoms with Crippen LogP contribution in [0.5, 0.6) is 0 Å². The lowest BCUT2D eigenvalue weighted by Gasteiger charge is -2.48. The number of nitrogens with one attached hydrogen (secondary N) is 1. The molecule has 3 aliphatic heterocycles. The van der Waals surface area contributed by atoms with Gasteiger partial charge in [-0.3, -0.25) is 29.1 Å². The van der Waals surface area contributed by atoms with Crippen molar-refractivity contribution >= 4 is 40.9 Å². The molecule has 4 aliphatic rings. The molecule has 426 valence electrons. The number of fused-ring (bicyclic) bond motifs is 2. The number of cyclic esters (lactones) is 1. The van der Waals surface area contributed by atoms with E-state index in [1.165, 1.54) is 6.20 Å². The standard InChI is InChI=1S/C58H79N5O15/c1-12-45-58(8)52(76-56(71)78-58)37(6)62(11)31-33(2)29-57(7,77-46(64)22-25-59-23-14-13-16-38-18-21-43-41(27-38)48(66)42(53(68)69)32-63(43)40-19-20-40)51(75-55-49(67)44(61(9)10)26-34(3)72-55)35(4)50(36(5)54(70)73-45)74-47(65)28-39-17-15-24-60-30-39/h15,17-18,21,24,27,30,32-37,40,44-45,49-52,55,59,67H,12,14,19-20,22-23,25-26,28-29,31H2,1-11H3,(H,68,69)/t33-,34-,35+,36-,37-,44+,45-,49-,50+,51-,52-,55+,57-,58-/m1/s1. The number of ether oxygens (including phenoxy) is 7. The third-order valence-electron chi connectivity index (χ3n) is 15.9. The molecule has 20 heteroatoms. The number of hydrogen-bond donors (Lipinski definition) is 3. The molecule has 78 heavy (non-hydrogen) atoms. The molecule has 1 saturated carbocycles. The lowest BCUT2D eigenvalue weighted by atomic mass is 9.77. The second-order valence-corrected chi connectivity index (χ2v) is 22.6. The first kappa shape index (κ1) is 59.7. The molecule has 3 aromatic rings. The Bertz CT molecular complexity index is 2760. The van der Waals surface area contributed by atoms with Crippen LogP contribution in [0.25, 0.3) is 10.9 Å². The van der Waals surface area contributed by atoms with Crippen LogP contribution in [0, 0.1) is 29.6 Å². The summed E-state index contributed by atoms with van der Waals surface area (Å²) < 4.78 is 46.3. The van der Waals surface area contributed by atoms with Crippen molar-refractivity contribution in [2.75, 3.05) is 40.8 Å². The van der Waals surface area contributed by atoms with Crippen LogP contribution in [0.4, 0.5) is 4.79 Å². The summed E-state index contributed by atoms with van der Waals surface area (Å²) in [4.78, 5) is 89.4. The first-order valence-corrected chi connectivity index (χ1v) is 27.3. The fraction of sp³-hybridized carbons (Fsp3) is 0.638. The minimum atomic E-state index is -1.56. The van der Waals surface area contributed by atoms with Crippen molar-refractivity contribution in [3.8, 4) is 11.8 Å². The number of carboxylic acids is 1. The summed E-state index contributed by atoms with van der Waals surface area (Å²) in [7, 11) is 5.59. The number of esters is 3. The normalized spacial score (nSPS) is 32.1. The molecule has 0 radical (unpaired) electrons. The summed E-state index contributed by atoms with van der Waals surface area (Å²) in [6.07, 6.45) is -0.640. The maximum absolute atomic E-state index is 14.7. The van der Waals surface area contributed by atoms with Crippen molar-refractivity contribution in [1.82, 2.24) is 24.7 Å². The van der Waals surface area contributed by atoms with Crippen LogP contribution in [0.3, 0.4) is 0 Å². The van der Waals surface area contributed by atoms with Gasteiger partial charge in [0.2, 0.25) is 5.43 Å². The number of aliphatic hydroxyl groups is 1. The number of carboxylic acid groups (broad SMARTS) is 1. The molecule has 0 unspecified atom stereocenters. The quantitative estimate of drug-likeness (QED) is 0.0719. The topological polar surface area (TPSA) is 244 Å². The minimum absolute atomic E-state index is 0.0854. The highest BCUT2D eigenvalue weighted by Crippen LogP contribution is 2.42. The minimum Gasteiger partial charge on any atom is -0.477 e. The molecule has 1 aliphatic carbocycles. The Morgan fingerprint density at radius 3 is 2.42 bits per heavy atom. The highest BCUT2D eigenvalue weighted by atomic mass is 16.8. The monoisotopic (exact) mass is 1090 g/mol. The van der Waals surface area contributed by atoms with Crippen LogP contribution < -0.4 is 10.7 Å². The number of carbonyl (C=O) groups excluding carboxylic acids is 4. The molecule has 3 N–H and O–H groups in total. The van der Waals surface area contributed by atoms with E-state index in [0.29, 0.717) is 48.0 Å². The van der Waals surface area contributed by atoms with Gasteiger partial charge in [-0.1, -0.05) is 38.7 Å². The predicted octanol–water partition coefficient (Wildman–Crippen LogP) is 5.67. The molecule has 0 spiro atoms. The average Bonchev–Trinajstić information content (AvgIpc) is 4.36. The van der Waals surface area contributed by atoms with E-state index in [0.717, 1.165) is 12.8 Å². The van der Waals surface area contributed by atoms with Gasteiger partial charge in [0.1, 0.15) is 35.6 Å². The number of aromatic carboxylic acids is 1. The third kappa shape index (κ3) is 13.9. The summed E-state index contributed by atoms with van der Waals surface area (Å²) >= 11 is 0. The number of benzene rings is 1. The van der Waals surface area contributed by atoms with Gasteiger partial charge in [0, 0.05) is 79.6 Å². The van der Waals surface area contributed by atoms with Gasteiger partial charge in [0.15, 0.2) is 18.0 Å². The van der Waals surface area contributed by atoms with Gasteiger partial charge in [-0.15, -0.1) is 0 Å². The number of pyridine rings is 2. The van der Waals surface area contributed by atoms with E-state index in [1.807, 2.05) is 69.3 Å². The molecule has 1 aromatic carbocycles. The zero-order valence-electron chi connectivity index (χ0n) is 46.9. The van der Waals surface area contributed by atoms with Crippen molar-refractivity contribution < 1.29 is 67.3 Å². The SMILES string of the molecule is CC[C@H]1OC(=O)[C@H](C)[C@@H](OC(=O)Cc2cccnc2)[C@H](C)[C@@H](O[C@@H]2O[C@H](C)C[C@H](N(C)C)[C@H]2O)[C@](C)(OC(=O)CCNCCC#Cc2ccc3c(c2)c(=O)c(C(=O)O)cn3C2CC2)C[C@@H](C)CN(C)[C@H](C)[C@H]2OC(=O)O[C@@]21C. The zero-order valence-corrected chi connectivity index (χ0v) is 46.9. The Labute approximate surface area is 456 Å². The zero-order chi connectivity index (χ0) is 56.8. The van der Waals surface area contributed by atoms with Crippen LogP contribution in [0.15, 0.2) is 53.7 Å². The van der Waals surface area contributed by atoms with E-state index in [2.05, 4.69) is 22.1 Å². The van der Waals surface area contributed by atoms with Crippen molar-refractivity contribution in [1.29, 1.82) is 0 Å². The van der Waals surface area contributed by atoms with Gasteiger partial charge in [0.25, 0.3) is 0 Å². The highest BCUT2D eigenvalue weighted by molar-refractivity contribution is 5.93. The Morgan fingerprint density at radius 1 is 1.01 bits per heavy atom. The second-order valence-electron chi connectivity index (χ2n) is 22.6. The second kappa shape index (κ2) is 25.4. The van der Waals surface area contributed by atoms with E-state index in [-0.39, 0.29) is 61.9 Å². The predicted molar refractivity (Wildman–Crippen MR) is 286 cm³/mol. The van der Waals surface area contributed by atoms with Crippen molar-refractivity contribution in [2.24, 2.45) is 17.8 Å². The molecule has 4 fully saturated rings. The molecule has 5 heterocycles. The van der Waals surface area contributed by atoms with Crippen molar-refractivity contribution in [3.05, 3.63) is 75.8 Å². The molecule has 14 atom stereocenters.